The lowest BCUT2D eigenvalue weighted by Crippen LogP contribution is -1.96. The number of fused-ring (bicyclic) bond motifs is 12. The van der Waals surface area contributed by atoms with Gasteiger partial charge in [-0.1, -0.05) is 309 Å². The number of para-hydroxylation sites is 4. The maximum Gasteiger partial charge on any atom is 0.0541 e. The van der Waals surface area contributed by atoms with Crippen LogP contribution in [0.4, 0.5) is 0 Å². The van der Waals surface area contributed by atoms with Gasteiger partial charge in [-0.2, -0.15) is 0 Å². The first-order valence-corrected chi connectivity index (χ1v) is 38.5. The molecule has 4 nitrogen and oxygen atoms in total. The van der Waals surface area contributed by atoms with Crippen molar-refractivity contribution >= 4 is 87.2 Å². The third-order valence-electron chi connectivity index (χ3n) is 22.6. The highest BCUT2D eigenvalue weighted by Gasteiger charge is 2.21. The lowest BCUT2D eigenvalue weighted by Gasteiger charge is -2.14. The molecule has 0 saturated heterocycles. The molecule has 4 heteroatoms. The molecule has 0 radical (unpaired) electrons. The molecule has 0 unspecified atom stereocenters. The Morgan fingerprint density at radius 3 is 0.714 bits per heavy atom. The third kappa shape index (κ3) is 11.6. The summed E-state index contributed by atoms with van der Waals surface area (Å²) in [6.45, 7) is 0. The average molecular weight is 1430 g/mol. The summed E-state index contributed by atoms with van der Waals surface area (Å²) in [6, 6.07) is 159. The molecule has 0 aliphatic carbocycles. The van der Waals surface area contributed by atoms with E-state index in [1.165, 1.54) is 176 Å². The van der Waals surface area contributed by atoms with Gasteiger partial charge in [0.1, 0.15) is 0 Å². The maximum atomic E-state index is 2.44. The Balaban J connectivity index is 0.000000141. The van der Waals surface area contributed by atoms with Crippen LogP contribution in [0.1, 0.15) is 0 Å². The van der Waals surface area contributed by atoms with E-state index in [4.69, 9.17) is 0 Å². The van der Waals surface area contributed by atoms with Crippen molar-refractivity contribution in [3.05, 3.63) is 437 Å². The number of benzene rings is 18. The van der Waals surface area contributed by atoms with E-state index < -0.39 is 0 Å². The van der Waals surface area contributed by atoms with Gasteiger partial charge in [0.05, 0.1) is 44.1 Å². The first kappa shape index (κ1) is 65.5. The van der Waals surface area contributed by atoms with Crippen LogP contribution < -0.4 is 0 Å². The largest absolute Gasteiger partial charge is 0.309 e. The monoisotopic (exact) mass is 1420 g/mol. The van der Waals surface area contributed by atoms with Gasteiger partial charge < -0.3 is 18.3 Å². The summed E-state index contributed by atoms with van der Waals surface area (Å²) in [4.78, 5) is 0. The van der Waals surface area contributed by atoms with Gasteiger partial charge >= 0.3 is 0 Å². The van der Waals surface area contributed by atoms with Crippen molar-refractivity contribution in [2.24, 2.45) is 0 Å². The van der Waals surface area contributed by atoms with Crippen LogP contribution in [0.5, 0.6) is 0 Å². The standard InChI is InChI=1S/2C54H36N2/c1-4-15-37(16-5-1)40-21-14-22-45(32-40)55-51-25-12-10-23-47(51)49-35-41(27-29-53(49)55)42-28-30-54-50(36-42)48-24-11-13-26-52(48)56(54)46-33-43(38-17-6-2-7-18-38)31-44(34-46)39-19-8-3-9-20-39;1-3-13-37(14-4-1)38-23-29-43(30-24-38)55-51-21-11-9-19-47(51)49-35-41(27-33-53(49)55)42-28-34-54-50(36-42)48-20-10-12-22-52(48)56(54)44-31-25-40(26-32-44)46-18-8-7-17-45(46)39-15-5-2-6-16-39/h2*1-36H. The Morgan fingerprint density at radius 1 is 0.107 bits per heavy atom. The zero-order valence-electron chi connectivity index (χ0n) is 61.4. The minimum atomic E-state index is 1.15. The summed E-state index contributed by atoms with van der Waals surface area (Å²) in [5.41, 5.74) is 33.6. The third-order valence-corrected chi connectivity index (χ3v) is 22.6. The fourth-order valence-electron chi connectivity index (χ4n) is 17.3. The van der Waals surface area contributed by atoms with Gasteiger partial charge in [0.15, 0.2) is 0 Å². The van der Waals surface area contributed by atoms with Crippen molar-refractivity contribution in [1.82, 2.24) is 18.3 Å². The molecule has 4 aromatic heterocycles. The second-order valence-electron chi connectivity index (χ2n) is 29.1. The molecule has 0 aliphatic heterocycles. The first-order chi connectivity index (χ1) is 55.5. The van der Waals surface area contributed by atoms with Gasteiger partial charge in [-0.25, -0.2) is 0 Å². The predicted octanol–water partition coefficient (Wildman–Crippen LogP) is 29.1. The summed E-state index contributed by atoms with van der Waals surface area (Å²) in [6.07, 6.45) is 0. The lowest BCUT2D eigenvalue weighted by molar-refractivity contribution is 1.18. The van der Waals surface area contributed by atoms with Crippen molar-refractivity contribution in [3.8, 4) is 112 Å². The fourth-order valence-corrected chi connectivity index (χ4v) is 17.3. The number of aromatic nitrogens is 4. The van der Waals surface area contributed by atoms with Gasteiger partial charge in [0.25, 0.3) is 0 Å². The maximum absolute atomic E-state index is 2.44. The van der Waals surface area contributed by atoms with Crippen LogP contribution >= 0.6 is 0 Å². The normalized spacial score (nSPS) is 11.6. The second kappa shape index (κ2) is 27.7. The topological polar surface area (TPSA) is 19.7 Å². The molecule has 22 rings (SSSR count). The summed E-state index contributed by atoms with van der Waals surface area (Å²) in [5, 5.41) is 9.98. The lowest BCUT2D eigenvalue weighted by atomic mass is 9.94. The van der Waals surface area contributed by atoms with Crippen LogP contribution in [0.3, 0.4) is 0 Å². The molecule has 112 heavy (non-hydrogen) atoms. The number of hydrogen-bond acceptors (Lipinski definition) is 0. The van der Waals surface area contributed by atoms with Crippen LogP contribution in [0.15, 0.2) is 437 Å². The summed E-state index contributed by atoms with van der Waals surface area (Å²) < 4.78 is 9.64. The van der Waals surface area contributed by atoms with Crippen LogP contribution in [0.2, 0.25) is 0 Å². The Labute approximate surface area is 649 Å². The van der Waals surface area contributed by atoms with E-state index in [2.05, 4.69) is 455 Å². The first-order valence-electron chi connectivity index (χ1n) is 38.5. The van der Waals surface area contributed by atoms with Crippen LogP contribution in [0.25, 0.3) is 199 Å². The molecule has 22 aromatic rings. The van der Waals surface area contributed by atoms with Gasteiger partial charge in [0.2, 0.25) is 0 Å². The Hall–Kier alpha value is -14.8. The molecular formula is C108H72N4. The highest BCUT2D eigenvalue weighted by atomic mass is 15.0. The van der Waals surface area contributed by atoms with Gasteiger partial charge in [0, 0.05) is 65.8 Å². The smallest absolute Gasteiger partial charge is 0.0541 e. The Morgan fingerprint density at radius 2 is 0.339 bits per heavy atom. The van der Waals surface area contributed by atoms with E-state index in [0.717, 1.165) is 22.7 Å². The second-order valence-corrected chi connectivity index (χ2v) is 29.1. The van der Waals surface area contributed by atoms with Crippen molar-refractivity contribution in [2.45, 2.75) is 0 Å². The van der Waals surface area contributed by atoms with Gasteiger partial charge in [-0.05, 0) is 216 Å². The van der Waals surface area contributed by atoms with E-state index in [1.807, 2.05) is 0 Å². The molecule has 0 saturated carbocycles. The molecule has 0 fully saturated rings. The molecule has 0 aliphatic rings. The minimum Gasteiger partial charge on any atom is -0.309 e. The number of rotatable bonds is 12. The van der Waals surface area contributed by atoms with Gasteiger partial charge in [-0.3, -0.25) is 0 Å². The van der Waals surface area contributed by atoms with Crippen molar-refractivity contribution in [2.75, 3.05) is 0 Å². The zero-order chi connectivity index (χ0) is 74.0. The quantitative estimate of drug-likeness (QED) is 0.116. The molecule has 0 N–H and O–H groups in total. The molecule has 0 bridgehead atoms. The van der Waals surface area contributed by atoms with Crippen LogP contribution in [0, 0.1) is 0 Å². The van der Waals surface area contributed by atoms with Gasteiger partial charge in [-0.15, -0.1) is 0 Å². The molecule has 0 amide bonds. The highest BCUT2D eigenvalue weighted by molar-refractivity contribution is 6.15. The van der Waals surface area contributed by atoms with Crippen LogP contribution in [-0.2, 0) is 0 Å². The average Bonchev–Trinajstić information content (AvgIpc) is 1.60. The summed E-state index contributed by atoms with van der Waals surface area (Å²) in [7, 11) is 0. The van der Waals surface area contributed by atoms with Crippen molar-refractivity contribution < 1.29 is 0 Å². The predicted molar refractivity (Wildman–Crippen MR) is 474 cm³/mol. The van der Waals surface area contributed by atoms with Crippen molar-refractivity contribution in [1.29, 1.82) is 0 Å². The van der Waals surface area contributed by atoms with Crippen molar-refractivity contribution in [3.63, 3.8) is 0 Å². The molecule has 524 valence electrons. The molecule has 0 spiro atoms. The van der Waals surface area contributed by atoms with E-state index in [1.54, 1.807) is 0 Å². The zero-order valence-corrected chi connectivity index (χ0v) is 61.4. The fraction of sp³-hybridized carbons (Fsp3) is 0. The van der Waals surface area contributed by atoms with E-state index in [-0.39, 0.29) is 0 Å². The summed E-state index contributed by atoms with van der Waals surface area (Å²) >= 11 is 0. The van der Waals surface area contributed by atoms with E-state index in [9.17, 15) is 0 Å². The van der Waals surface area contributed by atoms with E-state index in [0.29, 0.717) is 0 Å². The molecule has 0 atom stereocenters. The molecule has 18 aromatic carbocycles. The SMILES string of the molecule is c1ccc(-c2ccc(-n3c4ccccc4c4cc(-c5ccc6c(c5)c5ccccc5n6-c5ccc(-c6ccccc6-c6ccccc6)cc5)ccc43)cc2)cc1.c1ccc(-c2cccc(-n3c4ccccc4c4cc(-c5ccc6c(c5)c5ccccc5n6-c5cc(-c6ccccc6)cc(-c6ccccc6)c5)ccc43)c2)cc1. The number of hydrogen-bond donors (Lipinski definition) is 0. The highest BCUT2D eigenvalue weighted by Crippen LogP contribution is 2.44. The summed E-state index contributed by atoms with van der Waals surface area (Å²) in [5.74, 6) is 0. The van der Waals surface area contributed by atoms with E-state index >= 15 is 0 Å². The minimum absolute atomic E-state index is 1.15. The molecule has 4 heterocycles. The Bertz CT molecular complexity index is 7250. The molecular weight excluding hydrogens is 1350 g/mol. The number of nitrogens with zero attached hydrogens (tertiary/aromatic N) is 4. The Kier molecular flexibility index (Phi) is 16.2. The van der Waals surface area contributed by atoms with Crippen LogP contribution in [-0.4, -0.2) is 18.3 Å².